The van der Waals surface area contributed by atoms with Crippen LogP contribution in [-0.2, 0) is 4.79 Å². The van der Waals surface area contributed by atoms with Gasteiger partial charge in [-0.25, -0.2) is 4.98 Å². The normalized spacial score (nSPS) is 11.7. The van der Waals surface area contributed by atoms with Crippen molar-refractivity contribution < 1.29 is 9.59 Å². The molecule has 3 N–H and O–H groups in total. The zero-order valence-corrected chi connectivity index (χ0v) is 14.6. The van der Waals surface area contributed by atoms with Gasteiger partial charge in [-0.3, -0.25) is 9.59 Å². The molecule has 2 aromatic carbocycles. The van der Waals surface area contributed by atoms with Crippen LogP contribution in [0.3, 0.4) is 0 Å². The lowest BCUT2D eigenvalue weighted by atomic mass is 10.1. The van der Waals surface area contributed by atoms with Crippen LogP contribution < -0.4 is 11.1 Å². The van der Waals surface area contributed by atoms with E-state index in [1.807, 2.05) is 18.2 Å². The SMILES string of the molecule is NC(=O)[C@H](NC(=O)c1csc(-c2ccc(Cl)cc2)n1)c1ccccc1. The maximum Gasteiger partial charge on any atom is 0.271 e. The van der Waals surface area contributed by atoms with Gasteiger partial charge < -0.3 is 11.1 Å². The van der Waals surface area contributed by atoms with Gasteiger partial charge in [0.1, 0.15) is 16.7 Å². The molecule has 0 saturated heterocycles. The van der Waals surface area contributed by atoms with Crippen molar-refractivity contribution in [3.8, 4) is 10.6 Å². The molecule has 0 spiro atoms. The van der Waals surface area contributed by atoms with Crippen LogP contribution in [0, 0.1) is 0 Å². The van der Waals surface area contributed by atoms with Gasteiger partial charge in [0.15, 0.2) is 0 Å². The van der Waals surface area contributed by atoms with Gasteiger partial charge in [0.05, 0.1) is 0 Å². The highest BCUT2D eigenvalue weighted by Crippen LogP contribution is 2.25. The first-order valence-electron chi connectivity index (χ1n) is 7.41. The summed E-state index contributed by atoms with van der Waals surface area (Å²) < 4.78 is 0. The quantitative estimate of drug-likeness (QED) is 0.720. The van der Waals surface area contributed by atoms with E-state index in [4.69, 9.17) is 17.3 Å². The molecule has 0 aliphatic carbocycles. The first kappa shape index (κ1) is 17.1. The van der Waals surface area contributed by atoms with Gasteiger partial charge >= 0.3 is 0 Å². The summed E-state index contributed by atoms with van der Waals surface area (Å²) in [5.41, 5.74) is 7.14. The molecular weight excluding hydrogens is 358 g/mol. The molecule has 5 nitrogen and oxygen atoms in total. The number of aromatic nitrogens is 1. The number of carbonyl (C=O) groups is 2. The number of halogens is 1. The Kier molecular flexibility index (Phi) is 5.11. The standard InChI is InChI=1S/C18H14ClN3O2S/c19-13-8-6-12(7-9-13)18-21-14(10-25-18)17(24)22-15(16(20)23)11-4-2-1-3-5-11/h1-10,15H,(H2,20,23)(H,22,24)/t15-/m1/s1. The molecule has 0 radical (unpaired) electrons. The molecule has 0 fully saturated rings. The van der Waals surface area contributed by atoms with Crippen molar-refractivity contribution in [3.63, 3.8) is 0 Å². The molecular formula is C18H14ClN3O2S. The minimum Gasteiger partial charge on any atom is -0.368 e. The second kappa shape index (κ2) is 7.46. The Labute approximate surface area is 153 Å². The Morgan fingerprint density at radius 1 is 1.08 bits per heavy atom. The van der Waals surface area contributed by atoms with Crippen LogP contribution in [0.5, 0.6) is 0 Å². The van der Waals surface area contributed by atoms with E-state index in [1.54, 1.807) is 41.8 Å². The minimum absolute atomic E-state index is 0.233. The van der Waals surface area contributed by atoms with Gasteiger partial charge in [0.25, 0.3) is 5.91 Å². The number of primary amides is 1. The van der Waals surface area contributed by atoms with Gasteiger partial charge in [-0.2, -0.15) is 0 Å². The van der Waals surface area contributed by atoms with E-state index in [9.17, 15) is 9.59 Å². The van der Waals surface area contributed by atoms with E-state index in [0.717, 1.165) is 5.56 Å². The van der Waals surface area contributed by atoms with Crippen LogP contribution in [0.4, 0.5) is 0 Å². The zero-order chi connectivity index (χ0) is 17.8. The minimum atomic E-state index is -0.908. The third kappa shape index (κ3) is 4.04. The monoisotopic (exact) mass is 371 g/mol. The molecule has 3 aromatic rings. The molecule has 1 atom stereocenters. The molecule has 1 heterocycles. The third-order valence-corrected chi connectivity index (χ3v) is 4.66. The lowest BCUT2D eigenvalue weighted by Crippen LogP contribution is -2.37. The van der Waals surface area contributed by atoms with Crippen LogP contribution in [-0.4, -0.2) is 16.8 Å². The van der Waals surface area contributed by atoms with E-state index in [2.05, 4.69) is 10.3 Å². The largest absolute Gasteiger partial charge is 0.368 e. The number of nitrogens with zero attached hydrogens (tertiary/aromatic N) is 1. The van der Waals surface area contributed by atoms with Crippen LogP contribution in [0.15, 0.2) is 60.0 Å². The highest BCUT2D eigenvalue weighted by molar-refractivity contribution is 7.13. The molecule has 1 aromatic heterocycles. The fourth-order valence-corrected chi connectivity index (χ4v) is 3.20. The molecule has 3 rings (SSSR count). The van der Waals surface area contributed by atoms with Gasteiger partial charge in [0.2, 0.25) is 5.91 Å². The van der Waals surface area contributed by atoms with Crippen LogP contribution in [0.2, 0.25) is 5.02 Å². The number of nitrogens with one attached hydrogen (secondary N) is 1. The Morgan fingerprint density at radius 2 is 1.76 bits per heavy atom. The second-order valence-electron chi connectivity index (χ2n) is 5.26. The summed E-state index contributed by atoms with van der Waals surface area (Å²) >= 11 is 7.21. The predicted molar refractivity (Wildman–Crippen MR) is 98.4 cm³/mol. The summed E-state index contributed by atoms with van der Waals surface area (Å²) in [6.45, 7) is 0. The molecule has 0 aliphatic heterocycles. The van der Waals surface area contributed by atoms with Gasteiger partial charge in [-0.1, -0.05) is 54.1 Å². The van der Waals surface area contributed by atoms with Crippen molar-refractivity contribution in [1.82, 2.24) is 10.3 Å². The molecule has 0 saturated carbocycles. The molecule has 0 bridgehead atoms. The highest BCUT2D eigenvalue weighted by Gasteiger charge is 2.22. The maximum atomic E-state index is 12.4. The Morgan fingerprint density at radius 3 is 2.40 bits per heavy atom. The topological polar surface area (TPSA) is 85.1 Å². The fraction of sp³-hybridized carbons (Fsp3) is 0.0556. The average molecular weight is 372 g/mol. The summed E-state index contributed by atoms with van der Waals surface area (Å²) in [4.78, 5) is 28.5. The number of amides is 2. The fourth-order valence-electron chi connectivity index (χ4n) is 2.27. The third-order valence-electron chi connectivity index (χ3n) is 3.52. The summed E-state index contributed by atoms with van der Waals surface area (Å²) in [7, 11) is 0. The number of benzene rings is 2. The van der Waals surface area contributed by atoms with Crippen molar-refractivity contribution in [2.75, 3.05) is 0 Å². The Bertz CT molecular complexity index is 894. The summed E-state index contributed by atoms with van der Waals surface area (Å²) in [5, 5.41) is 5.60. The van der Waals surface area contributed by atoms with Gasteiger partial charge in [-0.05, 0) is 17.7 Å². The van der Waals surface area contributed by atoms with E-state index >= 15 is 0 Å². The number of rotatable bonds is 5. The van der Waals surface area contributed by atoms with Crippen LogP contribution >= 0.6 is 22.9 Å². The van der Waals surface area contributed by atoms with Crippen molar-refractivity contribution in [1.29, 1.82) is 0 Å². The van der Waals surface area contributed by atoms with E-state index in [1.165, 1.54) is 11.3 Å². The molecule has 7 heteroatoms. The predicted octanol–water partition coefficient (Wildman–Crippen LogP) is 3.42. The zero-order valence-electron chi connectivity index (χ0n) is 13.0. The smallest absolute Gasteiger partial charge is 0.271 e. The molecule has 0 unspecified atom stereocenters. The molecule has 2 amide bonds. The Balaban J connectivity index is 1.79. The van der Waals surface area contributed by atoms with E-state index < -0.39 is 17.9 Å². The number of hydrogen-bond donors (Lipinski definition) is 2. The molecule has 126 valence electrons. The van der Waals surface area contributed by atoms with Crippen LogP contribution in [0.25, 0.3) is 10.6 Å². The summed E-state index contributed by atoms with van der Waals surface area (Å²) in [6, 6.07) is 15.1. The molecule has 25 heavy (non-hydrogen) atoms. The average Bonchev–Trinajstić information content (AvgIpc) is 3.11. The first-order valence-corrected chi connectivity index (χ1v) is 8.67. The second-order valence-corrected chi connectivity index (χ2v) is 6.56. The van der Waals surface area contributed by atoms with Crippen molar-refractivity contribution in [2.45, 2.75) is 6.04 Å². The van der Waals surface area contributed by atoms with Gasteiger partial charge in [0, 0.05) is 16.0 Å². The summed E-state index contributed by atoms with van der Waals surface area (Å²) in [6.07, 6.45) is 0. The van der Waals surface area contributed by atoms with Gasteiger partial charge in [-0.15, -0.1) is 11.3 Å². The maximum absolute atomic E-state index is 12.4. The van der Waals surface area contributed by atoms with Crippen molar-refractivity contribution >= 4 is 34.8 Å². The van der Waals surface area contributed by atoms with E-state index in [-0.39, 0.29) is 5.69 Å². The lowest BCUT2D eigenvalue weighted by Gasteiger charge is -2.14. The lowest BCUT2D eigenvalue weighted by molar-refractivity contribution is -0.120. The van der Waals surface area contributed by atoms with Crippen molar-refractivity contribution in [3.05, 3.63) is 76.3 Å². The molecule has 0 aliphatic rings. The first-order chi connectivity index (χ1) is 12.0. The van der Waals surface area contributed by atoms with Crippen LogP contribution in [0.1, 0.15) is 22.1 Å². The number of thiazole rings is 1. The summed E-state index contributed by atoms with van der Waals surface area (Å²) in [5.74, 6) is -1.09. The van der Waals surface area contributed by atoms with E-state index in [0.29, 0.717) is 15.6 Å². The highest BCUT2D eigenvalue weighted by atomic mass is 35.5. The Hall–Kier alpha value is -2.70. The number of carbonyl (C=O) groups excluding carboxylic acids is 2. The number of hydrogen-bond acceptors (Lipinski definition) is 4. The number of nitrogens with two attached hydrogens (primary N) is 1. The van der Waals surface area contributed by atoms with Crippen molar-refractivity contribution in [2.24, 2.45) is 5.73 Å².